The molecule has 0 aromatic rings. The van der Waals surface area contributed by atoms with Crippen LogP contribution in [0.5, 0.6) is 0 Å². The van der Waals surface area contributed by atoms with Crippen molar-refractivity contribution in [2.75, 3.05) is 0 Å². The molecule has 0 aliphatic rings. The Balaban J connectivity index is 4.08. The van der Waals surface area contributed by atoms with Crippen molar-refractivity contribution in [1.29, 1.82) is 0 Å². The molecule has 0 unspecified atom stereocenters. The van der Waals surface area contributed by atoms with Gasteiger partial charge in [-0.25, -0.2) is 9.59 Å². The van der Waals surface area contributed by atoms with Crippen molar-refractivity contribution in [3.8, 4) is 0 Å². The standard InChI is InChI=1S/C13H20O3/c1-5-7-9-11(4)13(15)16-12(14)10(3)8-6-2/h3-9H2,1-2H3. The number of hydrogen-bond donors (Lipinski definition) is 0. The number of rotatable bonds is 7. The van der Waals surface area contributed by atoms with Crippen molar-refractivity contribution >= 4 is 11.9 Å². The highest BCUT2D eigenvalue weighted by Crippen LogP contribution is 2.10. The lowest BCUT2D eigenvalue weighted by Gasteiger charge is -2.06. The molecule has 0 saturated carbocycles. The van der Waals surface area contributed by atoms with Gasteiger partial charge in [0.05, 0.1) is 0 Å². The van der Waals surface area contributed by atoms with Gasteiger partial charge in [0.25, 0.3) is 0 Å². The quantitative estimate of drug-likeness (QED) is 0.379. The van der Waals surface area contributed by atoms with E-state index in [0.717, 1.165) is 19.3 Å². The summed E-state index contributed by atoms with van der Waals surface area (Å²) in [5.74, 6) is -1.26. The summed E-state index contributed by atoms with van der Waals surface area (Å²) in [5.41, 5.74) is 0.679. The van der Waals surface area contributed by atoms with E-state index in [1.54, 1.807) is 0 Å². The number of unbranched alkanes of at least 4 members (excludes halogenated alkanes) is 1. The minimum Gasteiger partial charge on any atom is -0.386 e. The molecule has 0 heterocycles. The number of ether oxygens (including phenoxy) is 1. The van der Waals surface area contributed by atoms with Crippen LogP contribution in [0.15, 0.2) is 24.3 Å². The fraction of sp³-hybridized carbons (Fsp3) is 0.538. The van der Waals surface area contributed by atoms with Crippen LogP contribution in [0.1, 0.15) is 46.0 Å². The third-order valence-corrected chi connectivity index (χ3v) is 2.15. The first-order chi connectivity index (χ1) is 7.52. The molecule has 0 spiro atoms. The normalized spacial score (nSPS) is 9.62. The summed E-state index contributed by atoms with van der Waals surface area (Å²) >= 11 is 0. The van der Waals surface area contributed by atoms with E-state index in [-0.39, 0.29) is 0 Å². The Morgan fingerprint density at radius 3 is 1.88 bits per heavy atom. The third-order valence-electron chi connectivity index (χ3n) is 2.15. The highest BCUT2D eigenvalue weighted by atomic mass is 16.6. The van der Waals surface area contributed by atoms with Crippen LogP contribution in [-0.4, -0.2) is 11.9 Å². The summed E-state index contributed by atoms with van der Waals surface area (Å²) < 4.78 is 4.65. The molecule has 0 aromatic heterocycles. The predicted molar refractivity (Wildman–Crippen MR) is 63.8 cm³/mol. The Morgan fingerprint density at radius 1 is 0.938 bits per heavy atom. The number of carbonyl (C=O) groups excluding carboxylic acids is 2. The molecule has 0 amide bonds. The van der Waals surface area contributed by atoms with Gasteiger partial charge >= 0.3 is 11.9 Å². The molecule has 0 aliphatic carbocycles. The summed E-state index contributed by atoms with van der Waals surface area (Å²) in [6.07, 6.45) is 3.77. The van der Waals surface area contributed by atoms with E-state index in [2.05, 4.69) is 17.9 Å². The molecule has 0 aliphatic heterocycles. The topological polar surface area (TPSA) is 43.4 Å². The van der Waals surface area contributed by atoms with E-state index >= 15 is 0 Å². The Morgan fingerprint density at radius 2 is 1.44 bits per heavy atom. The third kappa shape index (κ3) is 5.49. The molecule has 0 radical (unpaired) electrons. The maximum atomic E-state index is 11.4. The second kappa shape index (κ2) is 7.85. The fourth-order valence-electron chi connectivity index (χ4n) is 1.12. The first kappa shape index (κ1) is 14.6. The van der Waals surface area contributed by atoms with Crippen LogP contribution in [0.25, 0.3) is 0 Å². The zero-order valence-electron chi connectivity index (χ0n) is 10.2. The zero-order chi connectivity index (χ0) is 12.6. The Labute approximate surface area is 97.2 Å². The Bertz CT molecular complexity index is 290. The minimum absolute atomic E-state index is 0.333. The van der Waals surface area contributed by atoms with Gasteiger partial charge in [-0.3, -0.25) is 0 Å². The van der Waals surface area contributed by atoms with Gasteiger partial charge < -0.3 is 4.74 Å². The maximum absolute atomic E-state index is 11.4. The fourth-order valence-corrected chi connectivity index (χ4v) is 1.12. The second-order valence-corrected chi connectivity index (χ2v) is 3.74. The van der Waals surface area contributed by atoms with Gasteiger partial charge in [-0.05, 0) is 19.3 Å². The van der Waals surface area contributed by atoms with Crippen LogP contribution < -0.4 is 0 Å². The van der Waals surface area contributed by atoms with Crippen molar-refractivity contribution in [3.05, 3.63) is 24.3 Å². The van der Waals surface area contributed by atoms with E-state index < -0.39 is 11.9 Å². The number of carbonyl (C=O) groups is 2. The molecule has 0 atom stereocenters. The molecule has 0 bridgehead atoms. The summed E-state index contributed by atoms with van der Waals surface area (Å²) in [4.78, 5) is 22.7. The predicted octanol–water partition coefficient (Wildman–Crippen LogP) is 3.16. The molecule has 0 rings (SSSR count). The zero-order valence-corrected chi connectivity index (χ0v) is 10.2. The van der Waals surface area contributed by atoms with Gasteiger partial charge in [0, 0.05) is 11.1 Å². The van der Waals surface area contributed by atoms with Crippen molar-refractivity contribution in [1.82, 2.24) is 0 Å². The largest absolute Gasteiger partial charge is 0.386 e. The molecule has 0 fully saturated rings. The molecule has 0 saturated heterocycles. The van der Waals surface area contributed by atoms with Crippen molar-refractivity contribution < 1.29 is 14.3 Å². The number of esters is 2. The van der Waals surface area contributed by atoms with E-state index in [4.69, 9.17) is 0 Å². The molecule has 16 heavy (non-hydrogen) atoms. The average molecular weight is 224 g/mol. The summed E-state index contributed by atoms with van der Waals surface area (Å²) in [7, 11) is 0. The molecule has 0 N–H and O–H groups in total. The lowest BCUT2D eigenvalue weighted by Crippen LogP contribution is -2.15. The van der Waals surface area contributed by atoms with Gasteiger partial charge in [0.2, 0.25) is 0 Å². The smallest absolute Gasteiger partial charge is 0.341 e. The monoisotopic (exact) mass is 224 g/mol. The molecule has 3 heteroatoms. The van der Waals surface area contributed by atoms with Crippen molar-refractivity contribution in [3.63, 3.8) is 0 Å². The SMILES string of the molecule is C=C(CCC)C(=O)OC(=O)C(=C)CCCC. The van der Waals surface area contributed by atoms with E-state index in [9.17, 15) is 9.59 Å². The number of hydrogen-bond acceptors (Lipinski definition) is 3. The Hall–Kier alpha value is -1.38. The van der Waals surface area contributed by atoms with Gasteiger partial charge in [-0.15, -0.1) is 0 Å². The first-order valence-electron chi connectivity index (χ1n) is 5.64. The molecule has 0 aromatic carbocycles. The van der Waals surface area contributed by atoms with Crippen LogP contribution >= 0.6 is 0 Å². The van der Waals surface area contributed by atoms with Gasteiger partial charge in [-0.1, -0.05) is 39.8 Å². The minimum atomic E-state index is -0.635. The van der Waals surface area contributed by atoms with E-state index in [1.807, 2.05) is 13.8 Å². The van der Waals surface area contributed by atoms with E-state index in [1.165, 1.54) is 0 Å². The summed E-state index contributed by atoms with van der Waals surface area (Å²) in [5, 5.41) is 0. The molecule has 3 nitrogen and oxygen atoms in total. The van der Waals surface area contributed by atoms with Gasteiger partial charge in [-0.2, -0.15) is 0 Å². The van der Waals surface area contributed by atoms with Gasteiger partial charge in [0.15, 0.2) is 0 Å². The van der Waals surface area contributed by atoms with Crippen LogP contribution in [-0.2, 0) is 14.3 Å². The van der Waals surface area contributed by atoms with Crippen LogP contribution in [0.4, 0.5) is 0 Å². The summed E-state index contributed by atoms with van der Waals surface area (Å²) in [6, 6.07) is 0. The molecule has 90 valence electrons. The molecular formula is C13H20O3. The van der Waals surface area contributed by atoms with Gasteiger partial charge in [0.1, 0.15) is 0 Å². The van der Waals surface area contributed by atoms with Crippen LogP contribution in [0.2, 0.25) is 0 Å². The average Bonchev–Trinajstić information content (AvgIpc) is 2.25. The Kier molecular flexibility index (Phi) is 7.18. The highest BCUT2D eigenvalue weighted by molar-refractivity contribution is 6.01. The highest BCUT2D eigenvalue weighted by Gasteiger charge is 2.15. The maximum Gasteiger partial charge on any atom is 0.341 e. The lowest BCUT2D eigenvalue weighted by molar-refractivity contribution is -0.154. The first-order valence-corrected chi connectivity index (χ1v) is 5.64. The van der Waals surface area contributed by atoms with Crippen molar-refractivity contribution in [2.24, 2.45) is 0 Å². The van der Waals surface area contributed by atoms with Crippen molar-refractivity contribution in [2.45, 2.75) is 46.0 Å². The summed E-state index contributed by atoms with van der Waals surface area (Å²) in [6.45, 7) is 11.1. The lowest BCUT2D eigenvalue weighted by atomic mass is 10.1. The molecular weight excluding hydrogens is 204 g/mol. The van der Waals surface area contributed by atoms with Crippen LogP contribution in [0.3, 0.4) is 0 Å². The van der Waals surface area contributed by atoms with Crippen LogP contribution in [0, 0.1) is 0 Å². The van der Waals surface area contributed by atoms with E-state index in [0.29, 0.717) is 24.0 Å². The second-order valence-electron chi connectivity index (χ2n) is 3.74.